The Labute approximate surface area is 120 Å². The van der Waals surface area contributed by atoms with E-state index in [9.17, 15) is 13.6 Å². The summed E-state index contributed by atoms with van der Waals surface area (Å²) in [5.74, 6) is -0.0384. The summed E-state index contributed by atoms with van der Waals surface area (Å²) in [6.07, 6.45) is 0. The summed E-state index contributed by atoms with van der Waals surface area (Å²) in [4.78, 5) is 11.2. The molecule has 0 fully saturated rings. The van der Waals surface area contributed by atoms with E-state index in [1.54, 1.807) is 36.4 Å². The Morgan fingerprint density at radius 3 is 1.85 bits per heavy atom. The second-order valence-corrected chi connectivity index (χ2v) is 5.29. The van der Waals surface area contributed by atoms with Gasteiger partial charge in [0.15, 0.2) is 5.78 Å². The number of ketones is 1. The molecule has 0 aliphatic heterocycles. The Morgan fingerprint density at radius 1 is 1.00 bits per heavy atom. The van der Waals surface area contributed by atoms with Crippen LogP contribution in [0.4, 0.5) is 11.4 Å². The Balaban J connectivity index is 2.40. The molecule has 0 saturated heterocycles. The SMILES string of the molecule is CC(=O)c1ccc(N(c2ccc(C)cc2)S(=O)O)cc1. The molecule has 0 amide bonds. The molecule has 104 valence electrons. The van der Waals surface area contributed by atoms with Crippen LogP contribution in [0.15, 0.2) is 48.5 Å². The maximum Gasteiger partial charge on any atom is 0.266 e. The summed E-state index contributed by atoms with van der Waals surface area (Å²) < 4.78 is 22.4. The smallest absolute Gasteiger partial charge is 0.266 e. The van der Waals surface area contributed by atoms with Crippen LogP contribution >= 0.6 is 0 Å². The Kier molecular flexibility index (Phi) is 4.32. The molecule has 1 unspecified atom stereocenters. The van der Waals surface area contributed by atoms with E-state index in [0.717, 1.165) is 5.56 Å². The molecule has 5 heteroatoms. The standard InChI is InChI=1S/C15H15NO3S/c1-11-3-7-14(8-4-11)16(20(18)19)15-9-5-13(6-10-15)12(2)17/h3-10H,1-2H3,(H,18,19). The van der Waals surface area contributed by atoms with Gasteiger partial charge in [-0.2, -0.15) is 0 Å². The summed E-state index contributed by atoms with van der Waals surface area (Å²) in [5.41, 5.74) is 2.82. The van der Waals surface area contributed by atoms with Crippen molar-refractivity contribution in [3.05, 3.63) is 59.7 Å². The molecule has 0 aromatic heterocycles. The van der Waals surface area contributed by atoms with E-state index < -0.39 is 11.3 Å². The summed E-state index contributed by atoms with van der Waals surface area (Å²) in [7, 11) is 0. The normalized spacial score (nSPS) is 11.9. The number of rotatable bonds is 4. The van der Waals surface area contributed by atoms with Crippen molar-refractivity contribution in [2.75, 3.05) is 4.31 Å². The molecule has 0 aliphatic rings. The summed E-state index contributed by atoms with van der Waals surface area (Å²) in [6, 6.07) is 13.9. The number of anilines is 2. The van der Waals surface area contributed by atoms with Crippen LogP contribution in [-0.4, -0.2) is 14.5 Å². The van der Waals surface area contributed by atoms with Crippen molar-refractivity contribution in [3.8, 4) is 0 Å². The van der Waals surface area contributed by atoms with Gasteiger partial charge in [-0.1, -0.05) is 17.7 Å². The van der Waals surface area contributed by atoms with Crippen molar-refractivity contribution >= 4 is 28.4 Å². The molecule has 0 aliphatic carbocycles. The Bertz CT molecular complexity index is 635. The van der Waals surface area contributed by atoms with Crippen molar-refractivity contribution in [1.29, 1.82) is 0 Å². The second kappa shape index (κ2) is 5.98. The number of carbonyl (C=O) groups excluding carboxylic acids is 1. The van der Waals surface area contributed by atoms with E-state index in [1.807, 2.05) is 19.1 Å². The minimum atomic E-state index is -2.18. The van der Waals surface area contributed by atoms with Gasteiger partial charge in [0.1, 0.15) is 0 Å². The number of nitrogens with zero attached hydrogens (tertiary/aromatic N) is 1. The highest BCUT2D eigenvalue weighted by Gasteiger charge is 2.15. The zero-order valence-electron chi connectivity index (χ0n) is 11.2. The molecule has 0 spiro atoms. The largest absolute Gasteiger partial charge is 0.295 e. The molecule has 2 aromatic carbocycles. The van der Waals surface area contributed by atoms with E-state index in [0.29, 0.717) is 16.9 Å². The van der Waals surface area contributed by atoms with Gasteiger partial charge >= 0.3 is 0 Å². The Hall–Kier alpha value is -1.98. The molecule has 0 bridgehead atoms. The van der Waals surface area contributed by atoms with E-state index in [2.05, 4.69) is 0 Å². The first-order valence-corrected chi connectivity index (χ1v) is 7.14. The highest BCUT2D eigenvalue weighted by atomic mass is 32.2. The van der Waals surface area contributed by atoms with Crippen LogP contribution < -0.4 is 4.31 Å². The van der Waals surface area contributed by atoms with Gasteiger partial charge in [0.25, 0.3) is 11.3 Å². The number of aryl methyl sites for hydroxylation is 1. The first kappa shape index (κ1) is 14.4. The predicted molar refractivity (Wildman–Crippen MR) is 80.5 cm³/mol. The summed E-state index contributed by atoms with van der Waals surface area (Å²) in [6.45, 7) is 3.43. The zero-order valence-corrected chi connectivity index (χ0v) is 12.1. The molecule has 2 aromatic rings. The quantitative estimate of drug-likeness (QED) is 0.692. The van der Waals surface area contributed by atoms with E-state index in [4.69, 9.17) is 0 Å². The van der Waals surface area contributed by atoms with Gasteiger partial charge in [0.2, 0.25) is 0 Å². The summed E-state index contributed by atoms with van der Waals surface area (Å²) >= 11 is -2.18. The van der Waals surface area contributed by atoms with Crippen molar-refractivity contribution in [1.82, 2.24) is 0 Å². The molecule has 0 saturated carbocycles. The lowest BCUT2D eigenvalue weighted by Crippen LogP contribution is -2.19. The second-order valence-electron chi connectivity index (χ2n) is 4.46. The van der Waals surface area contributed by atoms with Crippen molar-refractivity contribution in [2.45, 2.75) is 13.8 Å². The minimum absolute atomic E-state index is 0.0384. The number of hydrogen-bond acceptors (Lipinski definition) is 2. The van der Waals surface area contributed by atoms with E-state index in [1.165, 1.54) is 11.2 Å². The van der Waals surface area contributed by atoms with Gasteiger partial charge in [-0.3, -0.25) is 9.35 Å². The van der Waals surface area contributed by atoms with Crippen LogP contribution in [0.5, 0.6) is 0 Å². The lowest BCUT2D eigenvalue weighted by atomic mass is 10.1. The molecule has 0 radical (unpaired) electrons. The topological polar surface area (TPSA) is 57.6 Å². The molecule has 1 atom stereocenters. The van der Waals surface area contributed by atoms with Crippen LogP contribution in [0.1, 0.15) is 22.8 Å². The molecule has 0 heterocycles. The van der Waals surface area contributed by atoms with Crippen LogP contribution in [0, 0.1) is 6.92 Å². The molecular weight excluding hydrogens is 274 g/mol. The average molecular weight is 289 g/mol. The minimum Gasteiger partial charge on any atom is -0.295 e. The maximum absolute atomic E-state index is 11.6. The lowest BCUT2D eigenvalue weighted by molar-refractivity contribution is 0.101. The van der Waals surface area contributed by atoms with E-state index >= 15 is 0 Å². The van der Waals surface area contributed by atoms with Gasteiger partial charge in [-0.15, -0.1) is 0 Å². The van der Waals surface area contributed by atoms with Crippen LogP contribution in [0.2, 0.25) is 0 Å². The summed E-state index contributed by atoms with van der Waals surface area (Å²) in [5, 5.41) is 0. The van der Waals surface area contributed by atoms with E-state index in [-0.39, 0.29) is 5.78 Å². The number of hydrogen-bond donors (Lipinski definition) is 1. The third kappa shape index (κ3) is 3.12. The Morgan fingerprint density at radius 2 is 1.45 bits per heavy atom. The maximum atomic E-state index is 11.6. The highest BCUT2D eigenvalue weighted by molar-refractivity contribution is 7.81. The highest BCUT2D eigenvalue weighted by Crippen LogP contribution is 2.27. The first-order chi connectivity index (χ1) is 9.49. The molecule has 20 heavy (non-hydrogen) atoms. The number of Topliss-reactive ketones (excluding diaryl/α,β-unsaturated/α-hetero) is 1. The van der Waals surface area contributed by atoms with Crippen LogP contribution in [-0.2, 0) is 11.3 Å². The predicted octanol–water partition coefficient (Wildman–Crippen LogP) is 3.47. The van der Waals surface area contributed by atoms with Gasteiger partial charge < -0.3 is 0 Å². The van der Waals surface area contributed by atoms with Crippen LogP contribution in [0.25, 0.3) is 0 Å². The lowest BCUT2D eigenvalue weighted by Gasteiger charge is -2.20. The molecular formula is C15H15NO3S. The number of benzene rings is 2. The molecule has 1 N–H and O–H groups in total. The monoisotopic (exact) mass is 289 g/mol. The van der Waals surface area contributed by atoms with Gasteiger partial charge in [0.05, 0.1) is 11.4 Å². The van der Waals surface area contributed by atoms with Crippen molar-refractivity contribution in [3.63, 3.8) is 0 Å². The van der Waals surface area contributed by atoms with Crippen molar-refractivity contribution < 1.29 is 13.6 Å². The zero-order chi connectivity index (χ0) is 14.7. The fraction of sp³-hybridized carbons (Fsp3) is 0.133. The van der Waals surface area contributed by atoms with Crippen LogP contribution in [0.3, 0.4) is 0 Å². The van der Waals surface area contributed by atoms with Gasteiger partial charge in [-0.25, -0.2) is 8.51 Å². The fourth-order valence-corrected chi connectivity index (χ4v) is 2.45. The first-order valence-electron chi connectivity index (χ1n) is 6.08. The average Bonchev–Trinajstić information content (AvgIpc) is 2.41. The third-order valence-corrected chi connectivity index (χ3v) is 3.67. The fourth-order valence-electron chi connectivity index (χ4n) is 1.84. The molecule has 2 rings (SSSR count). The van der Waals surface area contributed by atoms with Crippen molar-refractivity contribution in [2.24, 2.45) is 0 Å². The number of carbonyl (C=O) groups is 1. The molecule has 4 nitrogen and oxygen atoms in total. The third-order valence-electron chi connectivity index (χ3n) is 2.93. The van der Waals surface area contributed by atoms with Gasteiger partial charge in [0, 0.05) is 5.56 Å². The van der Waals surface area contributed by atoms with Gasteiger partial charge in [-0.05, 0) is 50.2 Å².